The first-order valence-corrected chi connectivity index (χ1v) is 7.70. The molecule has 1 heterocycles. The molecule has 2 N–H and O–H groups in total. The fourth-order valence-corrected chi connectivity index (χ4v) is 3.10. The Morgan fingerprint density at radius 3 is 2.79 bits per heavy atom. The molecule has 0 unspecified atom stereocenters. The summed E-state index contributed by atoms with van der Waals surface area (Å²) in [4.78, 5) is 12.8. The highest BCUT2D eigenvalue weighted by Crippen LogP contribution is 2.25. The van der Waals surface area contributed by atoms with Crippen LogP contribution in [0.2, 0.25) is 10.0 Å². The molecule has 19 heavy (non-hydrogen) atoms. The Morgan fingerprint density at radius 1 is 1.32 bits per heavy atom. The SMILES string of the molecule is O=C(NCc1cc(Br)cs1)Nc1cc(Cl)ccc1Cl. The topological polar surface area (TPSA) is 41.1 Å². The van der Waals surface area contributed by atoms with E-state index >= 15 is 0 Å². The number of hydrogen-bond donors (Lipinski definition) is 2. The molecule has 1 aromatic heterocycles. The number of carbonyl (C=O) groups is 1. The van der Waals surface area contributed by atoms with Gasteiger partial charge in [0.1, 0.15) is 0 Å². The predicted octanol–water partition coefficient (Wildman–Crippen LogP) is 5.14. The molecule has 3 nitrogen and oxygen atoms in total. The fraction of sp³-hybridized carbons (Fsp3) is 0.0833. The molecule has 2 rings (SSSR count). The predicted molar refractivity (Wildman–Crippen MR) is 84.3 cm³/mol. The number of halogens is 3. The summed E-state index contributed by atoms with van der Waals surface area (Å²) < 4.78 is 1.01. The van der Waals surface area contributed by atoms with E-state index in [1.165, 1.54) is 0 Å². The second-order valence-corrected chi connectivity index (χ2v) is 6.42. The van der Waals surface area contributed by atoms with Crippen molar-refractivity contribution in [3.05, 3.63) is 49.0 Å². The van der Waals surface area contributed by atoms with E-state index in [9.17, 15) is 4.79 Å². The highest BCUT2D eigenvalue weighted by Gasteiger charge is 2.06. The highest BCUT2D eigenvalue weighted by atomic mass is 79.9. The van der Waals surface area contributed by atoms with Gasteiger partial charge in [-0.15, -0.1) is 11.3 Å². The molecule has 7 heteroatoms. The summed E-state index contributed by atoms with van der Waals surface area (Å²) >= 11 is 16.7. The first-order valence-electron chi connectivity index (χ1n) is 5.27. The Balaban J connectivity index is 1.92. The molecule has 0 radical (unpaired) electrons. The molecule has 1 aromatic carbocycles. The van der Waals surface area contributed by atoms with Crippen molar-refractivity contribution in [1.82, 2.24) is 5.32 Å². The van der Waals surface area contributed by atoms with Gasteiger partial charge in [-0.05, 0) is 40.2 Å². The number of nitrogens with one attached hydrogen (secondary N) is 2. The zero-order chi connectivity index (χ0) is 13.8. The molecule has 0 atom stereocenters. The molecule has 100 valence electrons. The van der Waals surface area contributed by atoms with E-state index in [1.807, 2.05) is 11.4 Å². The first kappa shape index (κ1) is 14.7. The molecule has 0 spiro atoms. The van der Waals surface area contributed by atoms with E-state index < -0.39 is 0 Å². The maximum absolute atomic E-state index is 11.7. The largest absolute Gasteiger partial charge is 0.333 e. The van der Waals surface area contributed by atoms with Crippen molar-refractivity contribution in [2.24, 2.45) is 0 Å². The van der Waals surface area contributed by atoms with Crippen LogP contribution in [0, 0.1) is 0 Å². The number of urea groups is 1. The van der Waals surface area contributed by atoms with Gasteiger partial charge in [-0.1, -0.05) is 23.2 Å². The molecule has 0 saturated heterocycles. The molecule has 2 aromatic rings. The van der Waals surface area contributed by atoms with Crippen molar-refractivity contribution in [2.75, 3.05) is 5.32 Å². The number of hydrogen-bond acceptors (Lipinski definition) is 2. The van der Waals surface area contributed by atoms with Crippen molar-refractivity contribution in [1.29, 1.82) is 0 Å². The molecule has 0 fully saturated rings. The summed E-state index contributed by atoms with van der Waals surface area (Å²) in [7, 11) is 0. The van der Waals surface area contributed by atoms with Crippen LogP contribution in [-0.2, 0) is 6.54 Å². The Hall–Kier alpha value is -0.750. The summed E-state index contributed by atoms with van der Waals surface area (Å²) in [6.07, 6.45) is 0. The van der Waals surface area contributed by atoms with Gasteiger partial charge in [-0.25, -0.2) is 4.79 Å². The van der Waals surface area contributed by atoms with Crippen LogP contribution < -0.4 is 10.6 Å². The standard InChI is InChI=1S/C12H9BrCl2N2OS/c13-7-3-9(19-6-7)5-16-12(18)17-11-4-8(14)1-2-10(11)15/h1-4,6H,5H2,(H2,16,17,18). The zero-order valence-electron chi connectivity index (χ0n) is 9.54. The second-order valence-electron chi connectivity index (χ2n) is 3.66. The minimum Gasteiger partial charge on any atom is -0.333 e. The summed E-state index contributed by atoms with van der Waals surface area (Å²) in [5, 5.41) is 8.32. The van der Waals surface area contributed by atoms with Gasteiger partial charge < -0.3 is 10.6 Å². The first-order chi connectivity index (χ1) is 9.04. The van der Waals surface area contributed by atoms with Gasteiger partial charge in [0.05, 0.1) is 17.3 Å². The number of thiophene rings is 1. The van der Waals surface area contributed by atoms with E-state index in [2.05, 4.69) is 26.6 Å². The number of carbonyl (C=O) groups excluding carboxylic acids is 1. The van der Waals surface area contributed by atoms with Gasteiger partial charge in [0.25, 0.3) is 0 Å². The average molecular weight is 380 g/mol. The van der Waals surface area contributed by atoms with Gasteiger partial charge in [-0.2, -0.15) is 0 Å². The number of benzene rings is 1. The van der Waals surface area contributed by atoms with Crippen LogP contribution in [0.3, 0.4) is 0 Å². The molecule has 2 amide bonds. The Labute approximate surface area is 133 Å². The van der Waals surface area contributed by atoms with Gasteiger partial charge >= 0.3 is 6.03 Å². The molecule has 0 saturated carbocycles. The Bertz CT molecular complexity index is 603. The van der Waals surface area contributed by atoms with Crippen LogP contribution in [-0.4, -0.2) is 6.03 Å². The lowest BCUT2D eigenvalue weighted by atomic mass is 10.3. The van der Waals surface area contributed by atoms with Gasteiger partial charge in [0.15, 0.2) is 0 Å². The van der Waals surface area contributed by atoms with E-state index in [0.29, 0.717) is 22.3 Å². The lowest BCUT2D eigenvalue weighted by Gasteiger charge is -2.08. The molecule has 0 bridgehead atoms. The van der Waals surface area contributed by atoms with Gasteiger partial charge in [0, 0.05) is 19.8 Å². The minimum atomic E-state index is -0.325. The molecule has 0 aliphatic carbocycles. The van der Waals surface area contributed by atoms with Crippen LogP contribution in [0.25, 0.3) is 0 Å². The van der Waals surface area contributed by atoms with Crippen LogP contribution in [0.1, 0.15) is 4.88 Å². The third kappa shape index (κ3) is 4.38. The lowest BCUT2D eigenvalue weighted by molar-refractivity contribution is 0.252. The fourth-order valence-electron chi connectivity index (χ4n) is 1.37. The normalized spacial score (nSPS) is 10.3. The van der Waals surface area contributed by atoms with Crippen LogP contribution in [0.15, 0.2) is 34.1 Å². The Morgan fingerprint density at radius 2 is 2.11 bits per heavy atom. The van der Waals surface area contributed by atoms with Crippen molar-refractivity contribution in [2.45, 2.75) is 6.54 Å². The highest BCUT2D eigenvalue weighted by molar-refractivity contribution is 9.10. The van der Waals surface area contributed by atoms with Gasteiger partial charge in [0.2, 0.25) is 0 Å². The van der Waals surface area contributed by atoms with Crippen molar-refractivity contribution in [3.63, 3.8) is 0 Å². The number of anilines is 1. The summed E-state index contributed by atoms with van der Waals surface area (Å²) in [6.45, 7) is 0.459. The summed E-state index contributed by atoms with van der Waals surface area (Å²) in [5.41, 5.74) is 0.485. The van der Waals surface area contributed by atoms with Crippen LogP contribution >= 0.6 is 50.5 Å². The monoisotopic (exact) mass is 378 g/mol. The van der Waals surface area contributed by atoms with Crippen molar-refractivity contribution in [3.8, 4) is 0 Å². The molecular formula is C12H9BrCl2N2OS. The average Bonchev–Trinajstić information content (AvgIpc) is 2.77. The van der Waals surface area contributed by atoms with E-state index in [-0.39, 0.29) is 6.03 Å². The molecular weight excluding hydrogens is 371 g/mol. The maximum atomic E-state index is 11.7. The van der Waals surface area contributed by atoms with Gasteiger partial charge in [-0.3, -0.25) is 0 Å². The maximum Gasteiger partial charge on any atom is 0.319 e. The third-order valence-corrected chi connectivity index (χ3v) is 4.48. The van der Waals surface area contributed by atoms with E-state index in [4.69, 9.17) is 23.2 Å². The van der Waals surface area contributed by atoms with Crippen molar-refractivity contribution >= 4 is 62.2 Å². The van der Waals surface area contributed by atoms with Crippen molar-refractivity contribution < 1.29 is 4.79 Å². The van der Waals surface area contributed by atoms with E-state index in [0.717, 1.165) is 9.35 Å². The smallest absolute Gasteiger partial charge is 0.319 e. The third-order valence-electron chi connectivity index (χ3n) is 2.22. The quantitative estimate of drug-likeness (QED) is 0.761. The summed E-state index contributed by atoms with van der Waals surface area (Å²) in [6, 6.07) is 6.53. The summed E-state index contributed by atoms with van der Waals surface area (Å²) in [5.74, 6) is 0. The zero-order valence-corrected chi connectivity index (χ0v) is 13.5. The lowest BCUT2D eigenvalue weighted by Crippen LogP contribution is -2.27. The Kier molecular flexibility index (Phi) is 5.10. The molecule has 0 aliphatic rings. The van der Waals surface area contributed by atoms with Crippen LogP contribution in [0.5, 0.6) is 0 Å². The molecule has 0 aliphatic heterocycles. The second kappa shape index (κ2) is 6.61. The minimum absolute atomic E-state index is 0.325. The number of amides is 2. The van der Waals surface area contributed by atoms with Crippen LogP contribution in [0.4, 0.5) is 10.5 Å². The van der Waals surface area contributed by atoms with E-state index in [1.54, 1.807) is 29.5 Å². The number of rotatable bonds is 3.